The van der Waals surface area contributed by atoms with Gasteiger partial charge in [-0.2, -0.15) is 0 Å². The van der Waals surface area contributed by atoms with Crippen LogP contribution in [-0.2, 0) is 0 Å². The van der Waals surface area contributed by atoms with E-state index < -0.39 is 0 Å². The zero-order valence-electron chi connectivity index (χ0n) is 10.8. The third kappa shape index (κ3) is 2.48. The fourth-order valence-electron chi connectivity index (χ4n) is 2.71. The van der Waals surface area contributed by atoms with Crippen LogP contribution in [0.25, 0.3) is 0 Å². The van der Waals surface area contributed by atoms with E-state index in [0.29, 0.717) is 6.54 Å². The predicted octanol–water partition coefficient (Wildman–Crippen LogP) is 1.56. The maximum atomic E-state index is 11.8. The van der Waals surface area contributed by atoms with Crippen molar-refractivity contribution in [2.24, 2.45) is 11.7 Å². The van der Waals surface area contributed by atoms with Crippen LogP contribution in [0.3, 0.4) is 0 Å². The number of nitrogens with one attached hydrogen (secondary N) is 1. The maximum absolute atomic E-state index is 11.8. The molecule has 1 rings (SSSR count). The van der Waals surface area contributed by atoms with Crippen LogP contribution in [0.15, 0.2) is 0 Å². The first-order valence-electron chi connectivity index (χ1n) is 6.29. The summed E-state index contributed by atoms with van der Waals surface area (Å²) >= 11 is 0. The van der Waals surface area contributed by atoms with Crippen molar-refractivity contribution in [3.8, 4) is 0 Å². The van der Waals surface area contributed by atoms with Gasteiger partial charge in [-0.3, -0.25) is 0 Å². The van der Waals surface area contributed by atoms with Gasteiger partial charge in [-0.25, -0.2) is 4.79 Å². The number of likely N-dealkylation sites (N-methyl/N-ethyl adjacent to an activating group) is 1. The third-order valence-electron chi connectivity index (χ3n) is 3.93. The lowest BCUT2D eigenvalue weighted by Crippen LogP contribution is -2.59. The number of amides is 2. The highest BCUT2D eigenvalue weighted by Gasteiger charge is 2.39. The van der Waals surface area contributed by atoms with Crippen LogP contribution in [0.2, 0.25) is 0 Å². The zero-order chi connectivity index (χ0) is 12.2. The first-order valence-corrected chi connectivity index (χ1v) is 6.29. The van der Waals surface area contributed by atoms with Crippen molar-refractivity contribution >= 4 is 6.03 Å². The minimum atomic E-state index is -0.110. The van der Waals surface area contributed by atoms with E-state index >= 15 is 0 Å². The topological polar surface area (TPSA) is 58.4 Å². The van der Waals surface area contributed by atoms with Crippen LogP contribution < -0.4 is 11.1 Å². The monoisotopic (exact) mass is 227 g/mol. The van der Waals surface area contributed by atoms with Crippen molar-refractivity contribution in [1.82, 2.24) is 10.2 Å². The largest absolute Gasteiger partial charge is 0.341 e. The standard InChI is InChI=1S/C12H25N3O/c1-4-15(11(16)14-3)12(9-13)7-5-10(2)6-8-12/h10H,4-9,13H2,1-3H3,(H,14,16). The van der Waals surface area contributed by atoms with Gasteiger partial charge in [0.1, 0.15) is 0 Å². The molecular weight excluding hydrogens is 202 g/mol. The predicted molar refractivity (Wildman–Crippen MR) is 66.3 cm³/mol. The second-order valence-corrected chi connectivity index (χ2v) is 4.91. The van der Waals surface area contributed by atoms with Gasteiger partial charge in [-0.05, 0) is 38.5 Å². The lowest BCUT2D eigenvalue weighted by Gasteiger charge is -2.46. The molecule has 1 fully saturated rings. The molecule has 0 saturated heterocycles. The highest BCUT2D eigenvalue weighted by atomic mass is 16.2. The molecule has 1 saturated carbocycles. The van der Waals surface area contributed by atoms with Crippen molar-refractivity contribution < 1.29 is 4.79 Å². The van der Waals surface area contributed by atoms with Crippen LogP contribution in [0, 0.1) is 5.92 Å². The molecule has 0 heterocycles. The average molecular weight is 227 g/mol. The minimum Gasteiger partial charge on any atom is -0.341 e. The molecule has 0 spiro atoms. The van der Waals surface area contributed by atoms with Gasteiger partial charge >= 0.3 is 6.03 Å². The van der Waals surface area contributed by atoms with Crippen LogP contribution >= 0.6 is 0 Å². The Hall–Kier alpha value is -0.770. The summed E-state index contributed by atoms with van der Waals surface area (Å²) < 4.78 is 0. The summed E-state index contributed by atoms with van der Waals surface area (Å²) in [7, 11) is 1.68. The van der Waals surface area contributed by atoms with Crippen LogP contribution in [0.4, 0.5) is 4.79 Å². The quantitative estimate of drug-likeness (QED) is 0.768. The first kappa shape index (κ1) is 13.3. The molecule has 1 aliphatic carbocycles. The lowest BCUT2D eigenvalue weighted by molar-refractivity contribution is 0.0759. The van der Waals surface area contributed by atoms with Crippen LogP contribution in [0.5, 0.6) is 0 Å². The van der Waals surface area contributed by atoms with Gasteiger partial charge in [0.25, 0.3) is 0 Å². The smallest absolute Gasteiger partial charge is 0.317 e. The molecule has 16 heavy (non-hydrogen) atoms. The molecule has 0 bridgehead atoms. The van der Waals surface area contributed by atoms with E-state index in [2.05, 4.69) is 12.2 Å². The molecule has 1 aliphatic rings. The molecule has 0 aromatic carbocycles. The summed E-state index contributed by atoms with van der Waals surface area (Å²) in [6.07, 6.45) is 4.41. The van der Waals surface area contributed by atoms with E-state index in [1.165, 1.54) is 12.8 Å². The molecule has 94 valence electrons. The number of carbonyl (C=O) groups is 1. The highest BCUT2D eigenvalue weighted by Crippen LogP contribution is 2.35. The molecule has 0 aliphatic heterocycles. The molecule has 4 heteroatoms. The molecule has 3 N–H and O–H groups in total. The number of urea groups is 1. The number of nitrogens with zero attached hydrogens (tertiary/aromatic N) is 1. The molecule has 2 amide bonds. The first-order chi connectivity index (χ1) is 7.59. The summed E-state index contributed by atoms with van der Waals surface area (Å²) in [6, 6.07) is 0.00232. The number of nitrogens with two attached hydrogens (primary N) is 1. The van der Waals surface area contributed by atoms with Crippen molar-refractivity contribution in [2.45, 2.75) is 45.1 Å². The molecule has 4 nitrogen and oxygen atoms in total. The van der Waals surface area contributed by atoms with Crippen LogP contribution in [0.1, 0.15) is 39.5 Å². The lowest BCUT2D eigenvalue weighted by atomic mass is 9.76. The second-order valence-electron chi connectivity index (χ2n) is 4.91. The number of carbonyl (C=O) groups excluding carboxylic acids is 1. The minimum absolute atomic E-state index is 0.00232. The fourth-order valence-corrected chi connectivity index (χ4v) is 2.71. The molecule has 0 unspecified atom stereocenters. The number of hydrogen-bond donors (Lipinski definition) is 2. The maximum Gasteiger partial charge on any atom is 0.317 e. The number of rotatable bonds is 3. The zero-order valence-corrected chi connectivity index (χ0v) is 10.8. The Morgan fingerprint density at radius 3 is 2.44 bits per heavy atom. The molecule has 0 aromatic rings. The molecule has 0 aromatic heterocycles. The van der Waals surface area contributed by atoms with Crippen molar-refractivity contribution in [2.75, 3.05) is 20.1 Å². The van der Waals surface area contributed by atoms with E-state index in [1.54, 1.807) is 7.05 Å². The van der Waals surface area contributed by atoms with Gasteiger partial charge in [0.15, 0.2) is 0 Å². The SMILES string of the molecule is CCN(C(=O)NC)C1(CN)CCC(C)CC1. The fraction of sp³-hybridized carbons (Fsp3) is 0.917. The summed E-state index contributed by atoms with van der Waals surface area (Å²) in [5, 5.41) is 2.72. The third-order valence-corrected chi connectivity index (χ3v) is 3.93. The van der Waals surface area contributed by atoms with Gasteiger partial charge in [-0.1, -0.05) is 6.92 Å². The Morgan fingerprint density at radius 2 is 2.06 bits per heavy atom. The Morgan fingerprint density at radius 1 is 1.50 bits per heavy atom. The Kier molecular flexibility index (Phi) is 4.59. The Bertz CT molecular complexity index is 234. The van der Waals surface area contributed by atoms with Gasteiger partial charge in [0, 0.05) is 20.1 Å². The molecule has 0 atom stereocenters. The van der Waals surface area contributed by atoms with Crippen molar-refractivity contribution in [3.63, 3.8) is 0 Å². The van der Waals surface area contributed by atoms with Crippen molar-refractivity contribution in [1.29, 1.82) is 0 Å². The van der Waals surface area contributed by atoms with Crippen LogP contribution in [-0.4, -0.2) is 36.6 Å². The summed E-state index contributed by atoms with van der Waals surface area (Å²) in [5.41, 5.74) is 5.82. The van der Waals surface area contributed by atoms with E-state index in [0.717, 1.165) is 25.3 Å². The van der Waals surface area contributed by atoms with Gasteiger partial charge in [0.05, 0.1) is 5.54 Å². The Balaban J connectivity index is 2.81. The number of hydrogen-bond acceptors (Lipinski definition) is 2. The second kappa shape index (κ2) is 5.53. The average Bonchev–Trinajstić information content (AvgIpc) is 2.32. The molecule has 0 radical (unpaired) electrons. The van der Waals surface area contributed by atoms with Gasteiger partial charge in [-0.15, -0.1) is 0 Å². The summed E-state index contributed by atoms with van der Waals surface area (Å²) in [5.74, 6) is 0.767. The van der Waals surface area contributed by atoms with E-state index in [4.69, 9.17) is 5.73 Å². The normalized spacial score (nSPS) is 29.9. The van der Waals surface area contributed by atoms with E-state index in [-0.39, 0.29) is 11.6 Å². The summed E-state index contributed by atoms with van der Waals surface area (Å²) in [4.78, 5) is 13.8. The van der Waals surface area contributed by atoms with E-state index in [1.807, 2.05) is 11.8 Å². The Labute approximate surface area is 98.6 Å². The molecular formula is C12H25N3O. The summed E-state index contributed by atoms with van der Waals surface area (Å²) in [6.45, 7) is 5.59. The van der Waals surface area contributed by atoms with Gasteiger partial charge < -0.3 is 16.0 Å². The van der Waals surface area contributed by atoms with E-state index in [9.17, 15) is 4.79 Å². The van der Waals surface area contributed by atoms with Crippen molar-refractivity contribution in [3.05, 3.63) is 0 Å². The highest BCUT2D eigenvalue weighted by molar-refractivity contribution is 5.74. The van der Waals surface area contributed by atoms with Gasteiger partial charge in [0.2, 0.25) is 0 Å².